The van der Waals surface area contributed by atoms with Gasteiger partial charge in [0.25, 0.3) is 0 Å². The molecule has 0 bridgehead atoms. The summed E-state index contributed by atoms with van der Waals surface area (Å²) in [5, 5.41) is 3.11. The average molecular weight is 460 g/mol. The maximum Gasteiger partial charge on any atom is 0.325 e. The van der Waals surface area contributed by atoms with Crippen molar-refractivity contribution in [2.75, 3.05) is 32.4 Å². The zero-order valence-corrected chi connectivity index (χ0v) is 19.7. The van der Waals surface area contributed by atoms with Crippen molar-refractivity contribution in [2.45, 2.75) is 69.5 Å². The molecule has 0 amide bonds. The van der Waals surface area contributed by atoms with Gasteiger partial charge in [0.05, 0.1) is 18.6 Å². The van der Waals surface area contributed by atoms with Crippen LogP contribution in [0.15, 0.2) is 29.8 Å². The summed E-state index contributed by atoms with van der Waals surface area (Å²) in [5.74, 6) is 1.06. The molecule has 1 aliphatic carbocycles. The Balaban J connectivity index is 1.22. The minimum absolute atomic E-state index is 0.0129. The number of carbonyl (C=O) groups is 1. The number of ether oxygens (including phenoxy) is 6. The van der Waals surface area contributed by atoms with Crippen molar-refractivity contribution in [3.63, 3.8) is 0 Å². The fourth-order valence-electron chi connectivity index (χ4n) is 5.46. The summed E-state index contributed by atoms with van der Waals surface area (Å²) in [4.78, 5) is 12.7. The SMILES string of the molecule is CO[C@@H]1[C@H](OC(=O)CNc2ccc3c(c2)OCO3)CC[C@]2(CO2)[C@H]1[C@]1(C)O[C@@H]1CC=C(C)C. The number of nitrogens with one attached hydrogen (secondary N) is 1. The summed E-state index contributed by atoms with van der Waals surface area (Å²) in [6.45, 7) is 7.30. The molecule has 0 aromatic heterocycles. The van der Waals surface area contributed by atoms with Crippen LogP contribution in [0.5, 0.6) is 11.5 Å². The number of esters is 1. The van der Waals surface area contributed by atoms with E-state index in [4.69, 9.17) is 28.4 Å². The Morgan fingerprint density at radius 2 is 2.06 bits per heavy atom. The van der Waals surface area contributed by atoms with Crippen molar-refractivity contribution in [2.24, 2.45) is 5.92 Å². The maximum atomic E-state index is 12.7. The van der Waals surface area contributed by atoms with Crippen molar-refractivity contribution in [3.05, 3.63) is 29.8 Å². The van der Waals surface area contributed by atoms with Crippen LogP contribution in [-0.2, 0) is 23.7 Å². The third-order valence-electron chi connectivity index (χ3n) is 7.33. The first kappa shape index (κ1) is 22.5. The van der Waals surface area contributed by atoms with Crippen molar-refractivity contribution in [1.82, 2.24) is 0 Å². The molecule has 1 spiro atoms. The number of fused-ring (bicyclic) bond motifs is 1. The third-order valence-corrected chi connectivity index (χ3v) is 7.33. The molecule has 1 aromatic rings. The molecule has 3 fully saturated rings. The lowest BCUT2D eigenvalue weighted by atomic mass is 9.68. The Bertz CT molecular complexity index is 939. The lowest BCUT2D eigenvalue weighted by Gasteiger charge is -2.42. The number of hydrogen-bond donors (Lipinski definition) is 1. The van der Waals surface area contributed by atoms with E-state index < -0.39 is 0 Å². The zero-order valence-electron chi connectivity index (χ0n) is 19.7. The molecule has 0 radical (unpaired) electrons. The van der Waals surface area contributed by atoms with Crippen LogP contribution in [0.2, 0.25) is 0 Å². The molecule has 5 rings (SSSR count). The van der Waals surface area contributed by atoms with E-state index in [-0.39, 0.29) is 54.7 Å². The van der Waals surface area contributed by atoms with E-state index in [2.05, 4.69) is 32.2 Å². The monoisotopic (exact) mass is 459 g/mol. The van der Waals surface area contributed by atoms with Gasteiger partial charge in [0, 0.05) is 18.9 Å². The van der Waals surface area contributed by atoms with Gasteiger partial charge in [-0.3, -0.25) is 4.79 Å². The zero-order chi connectivity index (χ0) is 23.2. The number of benzene rings is 1. The van der Waals surface area contributed by atoms with Crippen LogP contribution in [0.3, 0.4) is 0 Å². The highest BCUT2D eigenvalue weighted by Gasteiger charge is 2.72. The Labute approximate surface area is 194 Å². The van der Waals surface area contributed by atoms with E-state index >= 15 is 0 Å². The summed E-state index contributed by atoms with van der Waals surface area (Å²) in [7, 11) is 1.68. The molecular formula is C25H33NO7. The van der Waals surface area contributed by atoms with Gasteiger partial charge in [-0.25, -0.2) is 0 Å². The molecular weight excluding hydrogens is 426 g/mol. The summed E-state index contributed by atoms with van der Waals surface area (Å²) in [5.41, 5.74) is 1.47. The number of hydrogen-bond acceptors (Lipinski definition) is 8. The minimum Gasteiger partial charge on any atom is -0.458 e. The van der Waals surface area contributed by atoms with Crippen LogP contribution < -0.4 is 14.8 Å². The van der Waals surface area contributed by atoms with Crippen molar-refractivity contribution in [3.8, 4) is 11.5 Å². The largest absolute Gasteiger partial charge is 0.458 e. The van der Waals surface area contributed by atoms with E-state index in [0.29, 0.717) is 24.5 Å². The number of rotatable bonds is 8. The molecule has 4 aliphatic rings. The molecule has 2 saturated heterocycles. The second-order valence-corrected chi connectivity index (χ2v) is 9.83. The maximum absolute atomic E-state index is 12.7. The molecule has 180 valence electrons. The molecule has 1 N–H and O–H groups in total. The van der Waals surface area contributed by atoms with Crippen LogP contribution in [-0.4, -0.2) is 62.5 Å². The summed E-state index contributed by atoms with van der Waals surface area (Å²) in [6.07, 6.45) is 4.12. The second-order valence-electron chi connectivity index (χ2n) is 9.83. The van der Waals surface area contributed by atoms with Gasteiger partial charge in [-0.05, 0) is 52.2 Å². The number of carbonyl (C=O) groups excluding carboxylic acids is 1. The molecule has 1 aromatic carbocycles. The molecule has 1 saturated carbocycles. The Morgan fingerprint density at radius 1 is 1.27 bits per heavy atom. The van der Waals surface area contributed by atoms with E-state index in [9.17, 15) is 4.79 Å². The van der Waals surface area contributed by atoms with Crippen molar-refractivity contribution >= 4 is 11.7 Å². The van der Waals surface area contributed by atoms with Gasteiger partial charge in [0.2, 0.25) is 6.79 Å². The highest BCUT2D eigenvalue weighted by Crippen LogP contribution is 2.59. The summed E-state index contributed by atoms with van der Waals surface area (Å²) < 4.78 is 34.8. The van der Waals surface area contributed by atoms with Gasteiger partial charge >= 0.3 is 5.97 Å². The van der Waals surface area contributed by atoms with Crippen molar-refractivity contribution in [1.29, 1.82) is 0 Å². The molecule has 8 heteroatoms. The Morgan fingerprint density at radius 3 is 2.79 bits per heavy atom. The fourth-order valence-corrected chi connectivity index (χ4v) is 5.46. The third kappa shape index (κ3) is 4.32. The van der Waals surface area contributed by atoms with Gasteiger partial charge in [-0.1, -0.05) is 11.6 Å². The number of allylic oxidation sites excluding steroid dienone is 1. The molecule has 8 nitrogen and oxygen atoms in total. The topological polar surface area (TPSA) is 91.1 Å². The fraction of sp³-hybridized carbons (Fsp3) is 0.640. The van der Waals surface area contributed by atoms with Gasteiger partial charge in [0.15, 0.2) is 11.5 Å². The summed E-state index contributed by atoms with van der Waals surface area (Å²) in [6, 6.07) is 5.48. The number of epoxide rings is 2. The molecule has 3 aliphatic heterocycles. The van der Waals surface area contributed by atoms with E-state index in [1.54, 1.807) is 7.11 Å². The van der Waals surface area contributed by atoms with Crippen LogP contribution in [0, 0.1) is 5.92 Å². The quantitative estimate of drug-likeness (QED) is 0.359. The lowest BCUT2D eigenvalue weighted by molar-refractivity contribution is -0.170. The van der Waals surface area contributed by atoms with E-state index in [1.807, 2.05) is 18.2 Å². The smallest absolute Gasteiger partial charge is 0.325 e. The van der Waals surface area contributed by atoms with Gasteiger partial charge in [-0.15, -0.1) is 0 Å². The van der Waals surface area contributed by atoms with E-state index in [1.165, 1.54) is 5.57 Å². The number of anilines is 1. The highest BCUT2D eigenvalue weighted by molar-refractivity contribution is 5.75. The molecule has 0 unspecified atom stereocenters. The van der Waals surface area contributed by atoms with Crippen LogP contribution in [0.1, 0.15) is 40.0 Å². The first-order valence-corrected chi connectivity index (χ1v) is 11.7. The van der Waals surface area contributed by atoms with Gasteiger partial charge in [0.1, 0.15) is 30.0 Å². The molecule has 6 atom stereocenters. The standard InChI is InChI=1S/C25H33NO7/c1-15(2)5-8-20-24(3,33-20)23-22(28-4)18(9-10-25(23)13-31-25)32-21(27)12-26-16-6-7-17-19(11-16)30-14-29-17/h5-7,11,18,20,22-23,26H,8-10,12-14H2,1-4H3/t18-,20-,22-,23-,24-,25+/m1/s1. The second kappa shape index (κ2) is 8.49. The first-order chi connectivity index (χ1) is 15.8. The normalized spacial score (nSPS) is 35.8. The predicted octanol–water partition coefficient (Wildman–Crippen LogP) is 3.45. The summed E-state index contributed by atoms with van der Waals surface area (Å²) >= 11 is 0. The molecule has 3 heterocycles. The van der Waals surface area contributed by atoms with Crippen molar-refractivity contribution < 1.29 is 33.2 Å². The minimum atomic E-state index is -0.348. The average Bonchev–Trinajstić information content (AvgIpc) is 3.65. The first-order valence-electron chi connectivity index (χ1n) is 11.7. The van der Waals surface area contributed by atoms with Crippen LogP contribution >= 0.6 is 0 Å². The van der Waals surface area contributed by atoms with Gasteiger partial charge < -0.3 is 33.7 Å². The van der Waals surface area contributed by atoms with Crippen LogP contribution in [0.25, 0.3) is 0 Å². The molecule has 33 heavy (non-hydrogen) atoms. The highest BCUT2D eigenvalue weighted by atomic mass is 16.7. The van der Waals surface area contributed by atoms with Crippen LogP contribution in [0.4, 0.5) is 5.69 Å². The predicted molar refractivity (Wildman–Crippen MR) is 120 cm³/mol. The lowest BCUT2D eigenvalue weighted by Crippen LogP contribution is -2.55. The van der Waals surface area contributed by atoms with E-state index in [0.717, 1.165) is 18.5 Å². The Kier molecular flexibility index (Phi) is 5.79. The van der Waals surface area contributed by atoms with Gasteiger partial charge in [-0.2, -0.15) is 0 Å². The number of methoxy groups -OCH3 is 1. The Hall–Kier alpha value is -2.29.